The Labute approximate surface area is 330 Å². The van der Waals surface area contributed by atoms with Gasteiger partial charge in [-0.05, 0) is 202 Å². The number of halogens is 4. The highest BCUT2D eigenvalue weighted by atomic mass is 127. The summed E-state index contributed by atoms with van der Waals surface area (Å²) in [5, 5.41) is 22.0. The lowest BCUT2D eigenvalue weighted by molar-refractivity contribution is 1.64. The van der Waals surface area contributed by atoms with Gasteiger partial charge in [0, 0.05) is 35.8 Å². The van der Waals surface area contributed by atoms with Crippen molar-refractivity contribution in [1.82, 2.24) is 0 Å². The maximum Gasteiger partial charge on any atom is 0.0226 e. The van der Waals surface area contributed by atoms with Crippen LogP contribution in [0.5, 0.6) is 0 Å². The lowest BCUT2D eigenvalue weighted by Gasteiger charge is -2.27. The van der Waals surface area contributed by atoms with Gasteiger partial charge in [-0.15, -0.1) is 0 Å². The molecule has 0 unspecified atom stereocenters. The summed E-state index contributed by atoms with van der Waals surface area (Å²) < 4.78 is 5.25. The number of hydrogen-bond acceptors (Lipinski definition) is 0. The molecule has 0 amide bonds. The smallest absolute Gasteiger partial charge is 0.0226 e. The van der Waals surface area contributed by atoms with Crippen LogP contribution in [-0.2, 0) is 0 Å². The lowest BCUT2D eigenvalue weighted by atomic mass is 9.78. The van der Waals surface area contributed by atoms with E-state index in [1.165, 1.54) is 123 Å². The van der Waals surface area contributed by atoms with E-state index >= 15 is 0 Å². The maximum atomic E-state index is 2.62. The van der Waals surface area contributed by atoms with E-state index in [0.717, 1.165) is 0 Å². The average Bonchev–Trinajstić information content (AvgIpc) is 3.11. The molecule has 0 heterocycles. The zero-order valence-electron chi connectivity index (χ0n) is 25.1. The molecule has 0 nitrogen and oxygen atoms in total. The van der Waals surface area contributed by atoms with Crippen molar-refractivity contribution in [2.75, 3.05) is 0 Å². The largest absolute Gasteiger partial charge is 0.0622 e. The predicted octanol–water partition coefficient (Wildman–Crippen LogP) is 15.0. The molecule has 0 aromatic heterocycles. The molecule has 11 aromatic carbocycles. The van der Waals surface area contributed by atoms with Gasteiger partial charge in [-0.25, -0.2) is 0 Å². The van der Waals surface area contributed by atoms with Crippen LogP contribution < -0.4 is 0 Å². The molecule has 11 rings (SSSR count). The third kappa shape index (κ3) is 3.65. The molecule has 0 aliphatic carbocycles. The Kier molecular flexibility index (Phi) is 6.26. The molecule has 224 valence electrons. The first kappa shape index (κ1) is 29.0. The van der Waals surface area contributed by atoms with Crippen LogP contribution in [0.3, 0.4) is 0 Å². The van der Waals surface area contributed by atoms with Gasteiger partial charge in [-0.3, -0.25) is 0 Å². The minimum Gasteiger partial charge on any atom is -0.0622 e. The maximum absolute atomic E-state index is 2.62. The van der Waals surface area contributed by atoms with Crippen LogP contribution in [0, 0.1) is 14.3 Å². The van der Waals surface area contributed by atoms with E-state index in [4.69, 9.17) is 0 Å². The molecule has 0 saturated heterocycles. The highest BCUT2D eigenvalue weighted by molar-refractivity contribution is 14.1. The molecule has 0 fully saturated rings. The summed E-state index contributed by atoms with van der Waals surface area (Å²) in [4.78, 5) is 0. The molecule has 0 N–H and O–H groups in total. The zero-order valence-corrected chi connectivity index (χ0v) is 33.7. The van der Waals surface area contributed by atoms with E-state index in [1.54, 1.807) is 0 Å². The number of rotatable bonds is 2. The number of benzene rings is 11. The Morgan fingerprint density at radius 1 is 0.250 bits per heavy atom. The Bertz CT molecular complexity index is 2920. The third-order valence-electron chi connectivity index (χ3n) is 10.5. The van der Waals surface area contributed by atoms with E-state index in [0.29, 0.717) is 0 Å². The standard InChI is InChI=1S/C44H20I4/c45-31-17-27-25-13-7-8-14-26(25)28-18-32(46)42-34(48)20-30-36-24(22-11-5-2-6-12-22)16-15-23(21-9-3-1-4-10-21)35(36)29-19-33(47)41(31)43-37(27)38(28)44(42)40(30)39(29)43/h1-20H. The topological polar surface area (TPSA) is 0 Å². The molecule has 0 bridgehead atoms. The fraction of sp³-hybridized carbons (Fsp3) is 0. The molecule has 48 heavy (non-hydrogen) atoms. The van der Waals surface area contributed by atoms with Crippen LogP contribution in [0.4, 0.5) is 0 Å². The van der Waals surface area contributed by atoms with Crippen molar-refractivity contribution < 1.29 is 0 Å². The quantitative estimate of drug-likeness (QED) is 0.0919. The van der Waals surface area contributed by atoms with E-state index in [-0.39, 0.29) is 0 Å². The Morgan fingerprint density at radius 2 is 0.583 bits per heavy atom. The molecule has 0 radical (unpaired) electrons. The van der Waals surface area contributed by atoms with Gasteiger partial charge in [0.2, 0.25) is 0 Å². The van der Waals surface area contributed by atoms with Gasteiger partial charge in [-0.1, -0.05) is 97.1 Å². The van der Waals surface area contributed by atoms with Crippen LogP contribution in [0.15, 0.2) is 121 Å². The van der Waals surface area contributed by atoms with Crippen molar-refractivity contribution in [3.05, 3.63) is 136 Å². The molecule has 0 aliphatic heterocycles. The van der Waals surface area contributed by atoms with E-state index in [9.17, 15) is 0 Å². The van der Waals surface area contributed by atoms with Crippen LogP contribution in [0.25, 0.3) is 108 Å². The van der Waals surface area contributed by atoms with Gasteiger partial charge in [0.05, 0.1) is 0 Å². The van der Waals surface area contributed by atoms with Crippen LogP contribution in [0.2, 0.25) is 0 Å². The molecule has 0 atom stereocenters. The minimum atomic E-state index is 1.25. The second kappa shape index (κ2) is 10.4. The van der Waals surface area contributed by atoms with Crippen molar-refractivity contribution in [3.8, 4) is 22.3 Å². The minimum absolute atomic E-state index is 1.25. The summed E-state index contributed by atoms with van der Waals surface area (Å²) in [6.07, 6.45) is 0. The summed E-state index contributed by atoms with van der Waals surface area (Å²) in [7, 11) is 0. The Hall–Kier alpha value is -2.80. The van der Waals surface area contributed by atoms with Gasteiger partial charge >= 0.3 is 0 Å². The highest BCUT2D eigenvalue weighted by Crippen LogP contribution is 2.56. The SMILES string of the molecule is Ic1cc2c3ccccc3c3cc(I)c4c(I)cc5c6c(-c7ccccc7)ccc(-c7ccccc7)c6c6cc(I)c1c1c2c3c4c5c61. The fourth-order valence-electron chi connectivity index (χ4n) is 8.77. The molecule has 0 aliphatic rings. The van der Waals surface area contributed by atoms with Crippen molar-refractivity contribution >= 4 is 177 Å². The predicted molar refractivity (Wildman–Crippen MR) is 242 cm³/mol. The van der Waals surface area contributed by atoms with Crippen LogP contribution >= 0.6 is 90.4 Å². The molecule has 4 heteroatoms. The first-order valence-electron chi connectivity index (χ1n) is 15.9. The first-order valence-corrected chi connectivity index (χ1v) is 20.2. The lowest BCUT2D eigenvalue weighted by Crippen LogP contribution is -2.00. The van der Waals surface area contributed by atoms with Crippen LogP contribution in [0.1, 0.15) is 0 Å². The Morgan fingerprint density at radius 3 is 0.979 bits per heavy atom. The van der Waals surface area contributed by atoms with Crippen LogP contribution in [-0.4, -0.2) is 0 Å². The normalized spacial score (nSPS) is 12.6. The first-order chi connectivity index (χ1) is 23.5. The summed E-state index contributed by atoms with van der Waals surface area (Å²) >= 11 is 10.4. The third-order valence-corrected chi connectivity index (χ3v) is 13.9. The van der Waals surface area contributed by atoms with E-state index in [2.05, 4.69) is 212 Å². The molecule has 0 spiro atoms. The van der Waals surface area contributed by atoms with Crippen molar-refractivity contribution in [1.29, 1.82) is 0 Å². The summed E-state index contributed by atoms with van der Waals surface area (Å²) in [5.41, 5.74) is 5.08. The Balaban J connectivity index is 1.57. The molecular weight excluding hydrogens is 1040 g/mol. The van der Waals surface area contributed by atoms with Crippen molar-refractivity contribution in [2.24, 2.45) is 0 Å². The van der Waals surface area contributed by atoms with E-state index < -0.39 is 0 Å². The zero-order chi connectivity index (χ0) is 32.0. The fourth-order valence-corrected chi connectivity index (χ4v) is 13.3. The molecule has 11 aromatic rings. The highest BCUT2D eigenvalue weighted by Gasteiger charge is 2.29. The number of fused-ring (bicyclic) bond motifs is 6. The average molecular weight is 1060 g/mol. The monoisotopic (exact) mass is 1060 g/mol. The van der Waals surface area contributed by atoms with Gasteiger partial charge in [-0.2, -0.15) is 0 Å². The second-order valence-corrected chi connectivity index (χ2v) is 17.5. The summed E-state index contributed by atoms with van der Waals surface area (Å²) in [6.45, 7) is 0. The molecular formula is C44H20I4. The van der Waals surface area contributed by atoms with Gasteiger partial charge in [0.25, 0.3) is 0 Å². The van der Waals surface area contributed by atoms with Crippen molar-refractivity contribution in [3.63, 3.8) is 0 Å². The van der Waals surface area contributed by atoms with Gasteiger partial charge in [0.15, 0.2) is 0 Å². The molecule has 0 saturated carbocycles. The van der Waals surface area contributed by atoms with Gasteiger partial charge < -0.3 is 0 Å². The number of hydrogen-bond donors (Lipinski definition) is 0. The summed E-state index contributed by atoms with van der Waals surface area (Å²) in [6, 6.07) is 45.7. The second-order valence-electron chi connectivity index (χ2n) is 12.8. The van der Waals surface area contributed by atoms with Crippen molar-refractivity contribution in [2.45, 2.75) is 0 Å². The van der Waals surface area contributed by atoms with E-state index in [1.807, 2.05) is 0 Å². The van der Waals surface area contributed by atoms with Gasteiger partial charge in [0.1, 0.15) is 0 Å². The summed E-state index contributed by atoms with van der Waals surface area (Å²) in [5.74, 6) is 0.